The maximum atomic E-state index is 8.95. The van der Waals surface area contributed by atoms with Gasteiger partial charge in [0.15, 0.2) is 0 Å². The highest BCUT2D eigenvalue weighted by Gasteiger charge is 2.28. The van der Waals surface area contributed by atoms with E-state index in [0.29, 0.717) is 6.47 Å². The molecule has 0 heterocycles. The fourth-order valence-electron chi connectivity index (χ4n) is 1.72. The van der Waals surface area contributed by atoms with Crippen LogP contribution >= 0.6 is 0 Å². The van der Waals surface area contributed by atoms with Gasteiger partial charge in [-0.15, -0.1) is 0 Å². The van der Waals surface area contributed by atoms with Gasteiger partial charge in [-0.25, -0.2) is 0 Å². The van der Waals surface area contributed by atoms with Gasteiger partial charge in [-0.2, -0.15) is 0 Å². The van der Waals surface area contributed by atoms with Crippen LogP contribution in [0.15, 0.2) is 24.3 Å². The zero-order valence-corrected chi connectivity index (χ0v) is 8.76. The third-order valence-corrected chi connectivity index (χ3v) is 2.32. The highest BCUT2D eigenvalue weighted by Crippen LogP contribution is 2.41. The number of hydrogen-bond donors (Lipinski definition) is 1. The Balaban J connectivity index is 0.000000242. The lowest BCUT2D eigenvalue weighted by atomic mass is 10.0. The van der Waals surface area contributed by atoms with Gasteiger partial charge in [0.25, 0.3) is 12.9 Å². The number of methoxy groups -OCH3 is 1. The Morgan fingerprint density at radius 2 is 2.07 bits per heavy atom. The van der Waals surface area contributed by atoms with E-state index < -0.39 is 0 Å². The monoisotopic (exact) mass is 212 g/mol. The lowest BCUT2D eigenvalue weighted by Gasteiger charge is -2.02. The Morgan fingerprint density at radius 1 is 1.53 bits per heavy atom. The number of hydrogen-bond acceptors (Lipinski definition) is 3. The van der Waals surface area contributed by atoms with Gasteiger partial charge >= 0.3 is 0 Å². The van der Waals surface area contributed by atoms with Crippen LogP contribution in [0.3, 0.4) is 0 Å². The lowest BCUT2D eigenvalue weighted by molar-refractivity contribution is -0.126. The third kappa shape index (κ3) is 5.00. The van der Waals surface area contributed by atoms with Crippen molar-refractivity contribution in [1.29, 1.82) is 0 Å². The van der Waals surface area contributed by atoms with Crippen molar-refractivity contribution < 1.29 is 19.4 Å². The van der Waals surface area contributed by atoms with Crippen molar-refractivity contribution in [2.24, 2.45) is 11.8 Å². The van der Waals surface area contributed by atoms with Crippen molar-refractivity contribution >= 4 is 12.9 Å². The first kappa shape index (κ1) is 13.4. The summed E-state index contributed by atoms with van der Waals surface area (Å²) < 4.78 is 3.86. The molecule has 15 heavy (non-hydrogen) atoms. The highest BCUT2D eigenvalue weighted by atomic mass is 16.5. The molecule has 2 bridgehead atoms. The number of carbonyl (C=O) groups excluding carboxylic acids is 1. The predicted molar refractivity (Wildman–Crippen MR) is 56.3 cm³/mol. The second-order valence-corrected chi connectivity index (χ2v) is 3.29. The van der Waals surface area contributed by atoms with E-state index in [1.165, 1.54) is 25.5 Å². The molecule has 0 aromatic heterocycles. The minimum atomic E-state index is -0.250. The molecule has 2 rings (SSSR count). The Bertz CT molecular complexity index is 245. The molecule has 0 aromatic carbocycles. The fraction of sp³-hybridized carbons (Fsp3) is 0.455. The van der Waals surface area contributed by atoms with Crippen LogP contribution in [0, 0.1) is 11.8 Å². The SMILES string of the molecule is C=C1CC2C=CC1C2.COC=O.O=CO. The average Bonchev–Trinajstić information content (AvgIpc) is 2.80. The van der Waals surface area contributed by atoms with Gasteiger partial charge < -0.3 is 9.84 Å². The summed E-state index contributed by atoms with van der Waals surface area (Å²) in [5.41, 5.74) is 1.46. The number of rotatable bonds is 1. The van der Waals surface area contributed by atoms with Crippen molar-refractivity contribution in [3.05, 3.63) is 24.3 Å². The molecule has 2 aliphatic carbocycles. The second kappa shape index (κ2) is 7.79. The maximum absolute atomic E-state index is 8.95. The van der Waals surface area contributed by atoms with E-state index in [1.807, 2.05) is 0 Å². The molecule has 0 aromatic rings. The van der Waals surface area contributed by atoms with Crippen LogP contribution in [0.25, 0.3) is 0 Å². The molecule has 1 N–H and O–H groups in total. The summed E-state index contributed by atoms with van der Waals surface area (Å²) in [5, 5.41) is 6.89. The molecule has 2 atom stereocenters. The first-order valence-electron chi connectivity index (χ1n) is 4.59. The van der Waals surface area contributed by atoms with E-state index >= 15 is 0 Å². The summed E-state index contributed by atoms with van der Waals surface area (Å²) in [6.45, 7) is 4.11. The standard InChI is InChI=1S/C8H10.C2H4O2.CH2O2/c1-6-4-7-2-3-8(6)5-7;1-4-2-3;2-1-3/h2-3,7-8H,1,4-5H2;2H,1H3;1H,(H,2,3). The van der Waals surface area contributed by atoms with Gasteiger partial charge in [0.05, 0.1) is 7.11 Å². The van der Waals surface area contributed by atoms with Crippen LogP contribution in [0.2, 0.25) is 0 Å². The smallest absolute Gasteiger partial charge is 0.292 e. The molecule has 2 aliphatic rings. The largest absolute Gasteiger partial charge is 0.483 e. The summed E-state index contributed by atoms with van der Waals surface area (Å²) in [4.78, 5) is 17.3. The molecule has 4 nitrogen and oxygen atoms in total. The van der Waals surface area contributed by atoms with Gasteiger partial charge in [0.2, 0.25) is 0 Å². The molecule has 0 amide bonds. The summed E-state index contributed by atoms with van der Waals surface area (Å²) in [6.07, 6.45) is 7.26. The first-order valence-corrected chi connectivity index (χ1v) is 4.59. The molecule has 0 spiro atoms. The van der Waals surface area contributed by atoms with E-state index in [9.17, 15) is 0 Å². The first-order chi connectivity index (χ1) is 7.19. The van der Waals surface area contributed by atoms with Crippen LogP contribution in [-0.2, 0) is 14.3 Å². The van der Waals surface area contributed by atoms with Gasteiger partial charge in [-0.1, -0.05) is 24.3 Å². The summed E-state index contributed by atoms with van der Waals surface area (Å²) in [6, 6.07) is 0. The van der Waals surface area contributed by atoms with Crippen LogP contribution < -0.4 is 0 Å². The minimum Gasteiger partial charge on any atom is -0.483 e. The van der Waals surface area contributed by atoms with Crippen LogP contribution in [0.1, 0.15) is 12.8 Å². The summed E-state index contributed by atoms with van der Waals surface area (Å²) >= 11 is 0. The zero-order chi connectivity index (χ0) is 11.7. The quantitative estimate of drug-likeness (QED) is 0.530. The highest BCUT2D eigenvalue weighted by molar-refractivity contribution is 5.36. The van der Waals surface area contributed by atoms with Gasteiger partial charge in [0, 0.05) is 0 Å². The van der Waals surface area contributed by atoms with E-state index in [0.717, 1.165) is 11.8 Å². The third-order valence-electron chi connectivity index (χ3n) is 2.32. The van der Waals surface area contributed by atoms with Crippen LogP contribution in [0.5, 0.6) is 0 Å². The van der Waals surface area contributed by atoms with Gasteiger partial charge in [-0.3, -0.25) is 9.59 Å². The molecule has 1 fully saturated rings. The Hall–Kier alpha value is -1.58. The Labute approximate surface area is 89.2 Å². The zero-order valence-electron chi connectivity index (χ0n) is 8.76. The van der Waals surface area contributed by atoms with Crippen LogP contribution in [-0.4, -0.2) is 25.2 Å². The molecule has 0 radical (unpaired) electrons. The fourth-order valence-corrected chi connectivity index (χ4v) is 1.72. The van der Waals surface area contributed by atoms with Crippen molar-refractivity contribution in [3.63, 3.8) is 0 Å². The lowest BCUT2D eigenvalue weighted by Crippen LogP contribution is -1.88. The summed E-state index contributed by atoms with van der Waals surface area (Å²) in [7, 11) is 1.31. The minimum absolute atomic E-state index is 0.250. The molecule has 2 unspecified atom stereocenters. The number of carbonyl (C=O) groups is 2. The van der Waals surface area contributed by atoms with Gasteiger partial charge in [0.1, 0.15) is 0 Å². The molecule has 84 valence electrons. The van der Waals surface area contributed by atoms with E-state index in [2.05, 4.69) is 23.5 Å². The predicted octanol–water partition coefficient (Wildman–Crippen LogP) is 1.63. The topological polar surface area (TPSA) is 63.6 Å². The number of fused-ring (bicyclic) bond motifs is 2. The molecule has 1 saturated carbocycles. The maximum Gasteiger partial charge on any atom is 0.292 e. The number of carboxylic acid groups (broad SMARTS) is 1. The second-order valence-electron chi connectivity index (χ2n) is 3.29. The van der Waals surface area contributed by atoms with Crippen molar-refractivity contribution in [2.75, 3.05) is 7.11 Å². The van der Waals surface area contributed by atoms with E-state index in [4.69, 9.17) is 14.7 Å². The molecule has 4 heteroatoms. The molecule has 0 aliphatic heterocycles. The molecular formula is C11H16O4. The molecular weight excluding hydrogens is 196 g/mol. The summed E-state index contributed by atoms with van der Waals surface area (Å²) in [5.74, 6) is 1.63. The van der Waals surface area contributed by atoms with E-state index in [-0.39, 0.29) is 6.47 Å². The van der Waals surface area contributed by atoms with Crippen LogP contribution in [0.4, 0.5) is 0 Å². The number of ether oxygens (including phenoxy) is 1. The molecule has 0 saturated heterocycles. The van der Waals surface area contributed by atoms with Crippen molar-refractivity contribution in [3.8, 4) is 0 Å². The Morgan fingerprint density at radius 3 is 2.20 bits per heavy atom. The normalized spacial score (nSPS) is 24.5. The van der Waals surface area contributed by atoms with E-state index in [1.54, 1.807) is 0 Å². The van der Waals surface area contributed by atoms with Gasteiger partial charge in [-0.05, 0) is 24.7 Å². The van der Waals surface area contributed by atoms with Crippen molar-refractivity contribution in [2.45, 2.75) is 12.8 Å². The van der Waals surface area contributed by atoms with Crippen molar-refractivity contribution in [1.82, 2.24) is 0 Å². The average molecular weight is 212 g/mol. The Kier molecular flexibility index (Phi) is 6.97. The number of allylic oxidation sites excluding steroid dienone is 3.